The van der Waals surface area contributed by atoms with Gasteiger partial charge in [0.05, 0.1) is 11.7 Å². The van der Waals surface area contributed by atoms with Crippen LogP contribution in [0.15, 0.2) is 18.2 Å². The predicted molar refractivity (Wildman–Crippen MR) is 65.6 cm³/mol. The number of piperidine rings is 1. The van der Waals surface area contributed by atoms with E-state index in [1.54, 1.807) is 0 Å². The maximum absolute atomic E-state index is 11.9. The van der Waals surface area contributed by atoms with Gasteiger partial charge < -0.3 is 5.73 Å². The Labute approximate surface area is 100 Å². The second kappa shape index (κ2) is 4.30. The van der Waals surface area contributed by atoms with Gasteiger partial charge in [-0.05, 0) is 43.5 Å². The van der Waals surface area contributed by atoms with E-state index in [0.717, 1.165) is 11.1 Å². The highest BCUT2D eigenvalue weighted by molar-refractivity contribution is 6.18. The lowest BCUT2D eigenvalue weighted by Gasteiger charge is -2.29. The Kier molecular flexibility index (Phi) is 2.98. The summed E-state index contributed by atoms with van der Waals surface area (Å²) in [6.07, 6.45) is 0.777. The van der Waals surface area contributed by atoms with Gasteiger partial charge in [-0.2, -0.15) is 0 Å². The van der Waals surface area contributed by atoms with Crippen molar-refractivity contribution in [1.82, 2.24) is 0 Å². The molecule has 1 saturated heterocycles. The average molecular weight is 232 g/mol. The first-order chi connectivity index (χ1) is 7.99. The van der Waals surface area contributed by atoms with Crippen LogP contribution in [0.3, 0.4) is 0 Å². The third kappa shape index (κ3) is 2.22. The molecule has 1 aliphatic rings. The van der Waals surface area contributed by atoms with Crippen LogP contribution < -0.4 is 10.6 Å². The number of hydrogen-bond donors (Lipinski definition) is 1. The number of carbonyl (C=O) groups is 2. The summed E-state index contributed by atoms with van der Waals surface area (Å²) < 4.78 is 0. The number of nitrogens with two attached hydrogens (primary N) is 1. The molecule has 1 fully saturated rings. The third-order valence-corrected chi connectivity index (χ3v) is 2.92. The molecule has 2 amide bonds. The summed E-state index contributed by atoms with van der Waals surface area (Å²) in [5.41, 5.74) is 8.39. The number of amides is 2. The van der Waals surface area contributed by atoms with E-state index in [-0.39, 0.29) is 11.8 Å². The van der Waals surface area contributed by atoms with E-state index < -0.39 is 6.04 Å². The van der Waals surface area contributed by atoms with Gasteiger partial charge in [0.25, 0.3) is 5.91 Å². The number of carbonyl (C=O) groups excluding carboxylic acids is 2. The van der Waals surface area contributed by atoms with Gasteiger partial charge in [0, 0.05) is 6.42 Å². The summed E-state index contributed by atoms with van der Waals surface area (Å²) >= 11 is 0. The van der Waals surface area contributed by atoms with E-state index >= 15 is 0 Å². The van der Waals surface area contributed by atoms with Crippen LogP contribution in [-0.4, -0.2) is 17.9 Å². The van der Waals surface area contributed by atoms with Crippen LogP contribution in [-0.2, 0) is 9.59 Å². The molecule has 0 bridgehead atoms. The van der Waals surface area contributed by atoms with E-state index in [9.17, 15) is 9.59 Å². The van der Waals surface area contributed by atoms with Crippen LogP contribution in [0.1, 0.15) is 24.0 Å². The molecule has 2 rings (SSSR count). The van der Waals surface area contributed by atoms with Crippen molar-refractivity contribution in [3.8, 4) is 0 Å². The van der Waals surface area contributed by atoms with E-state index in [1.807, 2.05) is 32.0 Å². The second-order valence-electron chi connectivity index (χ2n) is 4.56. The van der Waals surface area contributed by atoms with Crippen LogP contribution >= 0.6 is 0 Å². The van der Waals surface area contributed by atoms with Crippen LogP contribution in [0.25, 0.3) is 0 Å². The van der Waals surface area contributed by atoms with Gasteiger partial charge in [-0.25, -0.2) is 4.90 Å². The smallest absolute Gasteiger partial charge is 0.250 e. The van der Waals surface area contributed by atoms with E-state index in [1.165, 1.54) is 4.90 Å². The minimum Gasteiger partial charge on any atom is -0.320 e. The van der Waals surface area contributed by atoms with Crippen molar-refractivity contribution >= 4 is 17.5 Å². The molecule has 17 heavy (non-hydrogen) atoms. The molecule has 2 N–H and O–H groups in total. The molecule has 1 heterocycles. The largest absolute Gasteiger partial charge is 0.320 e. The van der Waals surface area contributed by atoms with Gasteiger partial charge in [0.1, 0.15) is 0 Å². The van der Waals surface area contributed by atoms with Crippen LogP contribution in [0.4, 0.5) is 5.69 Å². The predicted octanol–water partition coefficient (Wildman–Crippen LogP) is 1.28. The number of rotatable bonds is 1. The van der Waals surface area contributed by atoms with Crippen molar-refractivity contribution in [2.24, 2.45) is 5.73 Å². The Balaban J connectivity index is 2.43. The molecular weight excluding hydrogens is 216 g/mol. The van der Waals surface area contributed by atoms with Crippen LogP contribution in [0, 0.1) is 13.8 Å². The van der Waals surface area contributed by atoms with Gasteiger partial charge in [-0.1, -0.05) is 6.07 Å². The molecule has 1 atom stereocenters. The Hall–Kier alpha value is -1.68. The van der Waals surface area contributed by atoms with Crippen molar-refractivity contribution in [3.63, 3.8) is 0 Å². The molecule has 90 valence electrons. The SMILES string of the molecule is Cc1cc(C)cc(N2C(=O)CCC(N)C2=O)c1. The summed E-state index contributed by atoms with van der Waals surface area (Å²) in [5.74, 6) is -0.465. The highest BCUT2D eigenvalue weighted by Gasteiger charge is 2.33. The normalized spacial score (nSPS) is 20.9. The molecular formula is C13H16N2O2. The summed E-state index contributed by atoms with van der Waals surface area (Å²) in [6, 6.07) is 5.11. The molecule has 1 aromatic rings. The first-order valence-corrected chi connectivity index (χ1v) is 5.69. The molecule has 4 nitrogen and oxygen atoms in total. The molecule has 0 saturated carbocycles. The molecule has 0 spiro atoms. The van der Waals surface area contributed by atoms with Gasteiger partial charge in [0.2, 0.25) is 5.91 Å². The van der Waals surface area contributed by atoms with Gasteiger partial charge in [-0.3, -0.25) is 9.59 Å². The molecule has 1 unspecified atom stereocenters. The fourth-order valence-electron chi connectivity index (χ4n) is 2.15. The maximum atomic E-state index is 11.9. The van der Waals surface area contributed by atoms with Crippen molar-refractivity contribution in [2.75, 3.05) is 4.90 Å². The minimum atomic E-state index is -0.562. The van der Waals surface area contributed by atoms with E-state index in [4.69, 9.17) is 5.73 Å². The highest BCUT2D eigenvalue weighted by atomic mass is 16.2. The summed E-state index contributed by atoms with van der Waals surface area (Å²) in [5, 5.41) is 0. The Morgan fingerprint density at radius 2 is 1.76 bits per heavy atom. The van der Waals surface area contributed by atoms with Gasteiger partial charge in [-0.15, -0.1) is 0 Å². The lowest BCUT2D eigenvalue weighted by molar-refractivity contribution is -0.130. The van der Waals surface area contributed by atoms with Gasteiger partial charge >= 0.3 is 0 Å². The Morgan fingerprint density at radius 3 is 2.35 bits per heavy atom. The van der Waals surface area contributed by atoms with Crippen molar-refractivity contribution in [3.05, 3.63) is 29.3 Å². The molecule has 0 aliphatic carbocycles. The molecule has 0 radical (unpaired) electrons. The van der Waals surface area contributed by atoms with Crippen molar-refractivity contribution < 1.29 is 9.59 Å². The zero-order chi connectivity index (χ0) is 12.6. The van der Waals surface area contributed by atoms with Crippen molar-refractivity contribution in [2.45, 2.75) is 32.7 Å². The van der Waals surface area contributed by atoms with Crippen LogP contribution in [0.2, 0.25) is 0 Å². The average Bonchev–Trinajstić information content (AvgIpc) is 2.23. The summed E-state index contributed by atoms with van der Waals surface area (Å²) in [7, 11) is 0. The first-order valence-electron chi connectivity index (χ1n) is 5.69. The topological polar surface area (TPSA) is 63.4 Å². The monoisotopic (exact) mass is 232 g/mol. The summed E-state index contributed by atoms with van der Waals surface area (Å²) in [6.45, 7) is 3.88. The number of hydrogen-bond acceptors (Lipinski definition) is 3. The molecule has 1 aliphatic heterocycles. The quantitative estimate of drug-likeness (QED) is 0.742. The Morgan fingerprint density at radius 1 is 1.18 bits per heavy atom. The standard InChI is InChI=1S/C13H16N2O2/c1-8-5-9(2)7-10(6-8)15-12(16)4-3-11(14)13(15)17/h5-7,11H,3-4,14H2,1-2H3. The zero-order valence-electron chi connectivity index (χ0n) is 10.1. The fraction of sp³-hybridized carbons (Fsp3) is 0.385. The maximum Gasteiger partial charge on any atom is 0.250 e. The minimum absolute atomic E-state index is 0.165. The summed E-state index contributed by atoms with van der Waals surface area (Å²) in [4.78, 5) is 25.0. The highest BCUT2D eigenvalue weighted by Crippen LogP contribution is 2.23. The number of nitrogens with zero attached hydrogens (tertiary/aromatic N) is 1. The molecule has 1 aromatic carbocycles. The first kappa shape index (κ1) is 11.8. The second-order valence-corrected chi connectivity index (χ2v) is 4.56. The van der Waals surface area contributed by atoms with E-state index in [0.29, 0.717) is 18.5 Å². The fourth-order valence-corrected chi connectivity index (χ4v) is 2.15. The van der Waals surface area contributed by atoms with Crippen LogP contribution in [0.5, 0.6) is 0 Å². The third-order valence-electron chi connectivity index (χ3n) is 2.92. The van der Waals surface area contributed by atoms with E-state index in [2.05, 4.69) is 0 Å². The number of imide groups is 1. The zero-order valence-corrected chi connectivity index (χ0v) is 10.1. The lowest BCUT2D eigenvalue weighted by atomic mass is 10.0. The number of anilines is 1. The molecule has 4 heteroatoms. The van der Waals surface area contributed by atoms with Gasteiger partial charge in [0.15, 0.2) is 0 Å². The van der Waals surface area contributed by atoms with Crippen molar-refractivity contribution in [1.29, 1.82) is 0 Å². The molecule has 0 aromatic heterocycles. The Bertz CT molecular complexity index is 462. The number of aryl methyl sites for hydroxylation is 2. The number of benzene rings is 1. The lowest BCUT2D eigenvalue weighted by Crippen LogP contribution is -2.51.